The summed E-state index contributed by atoms with van der Waals surface area (Å²) in [6, 6.07) is 25.8. The van der Waals surface area contributed by atoms with Gasteiger partial charge in [-0.15, -0.1) is 0 Å². The molecule has 3 rings (SSSR count). The summed E-state index contributed by atoms with van der Waals surface area (Å²) in [5, 5.41) is 2.81. The van der Waals surface area contributed by atoms with Gasteiger partial charge >= 0.3 is 6.09 Å². The summed E-state index contributed by atoms with van der Waals surface area (Å²) in [7, 11) is 0. The minimum atomic E-state index is -0.418. The molecule has 0 aliphatic heterocycles. The Balaban J connectivity index is 0.00000243. The molecule has 1 aromatic heterocycles. The summed E-state index contributed by atoms with van der Waals surface area (Å²) in [6.07, 6.45) is 1.60. The molecule has 0 radical (unpaired) electrons. The molecule has 3 aromatic rings. The van der Waals surface area contributed by atoms with Gasteiger partial charge in [0.25, 0.3) is 0 Å². The Morgan fingerprint density at radius 3 is 2.15 bits per heavy atom. The van der Waals surface area contributed by atoms with E-state index in [1.807, 2.05) is 72.9 Å². The molecule has 0 aliphatic carbocycles. The zero-order chi connectivity index (χ0) is 17.3. The van der Waals surface area contributed by atoms with Crippen LogP contribution in [0.3, 0.4) is 0 Å². The van der Waals surface area contributed by atoms with Crippen molar-refractivity contribution in [3.8, 4) is 0 Å². The summed E-state index contributed by atoms with van der Waals surface area (Å²) >= 11 is 0. The van der Waals surface area contributed by atoms with Crippen molar-refractivity contribution in [2.75, 3.05) is 0 Å². The summed E-state index contributed by atoms with van der Waals surface area (Å²) in [5.74, 6) is 0. The van der Waals surface area contributed by atoms with E-state index < -0.39 is 6.09 Å². The Bertz CT molecular complexity index is 811. The van der Waals surface area contributed by atoms with Gasteiger partial charge in [-0.2, -0.15) is 4.57 Å². The second-order valence-corrected chi connectivity index (χ2v) is 5.72. The number of amides is 1. The zero-order valence-electron chi connectivity index (χ0n) is 14.3. The summed E-state index contributed by atoms with van der Waals surface area (Å²) < 4.78 is 7.37. The van der Waals surface area contributed by atoms with Crippen LogP contribution in [0.5, 0.6) is 0 Å². The van der Waals surface area contributed by atoms with Gasteiger partial charge in [0, 0.05) is 17.7 Å². The second-order valence-electron chi connectivity index (χ2n) is 5.72. The first-order chi connectivity index (χ1) is 12.3. The minimum Gasteiger partial charge on any atom is -1.00 e. The lowest BCUT2D eigenvalue weighted by atomic mass is 10.2. The van der Waals surface area contributed by atoms with Crippen molar-refractivity contribution < 1.29 is 31.1 Å². The number of carbonyl (C=O) groups excluding carboxylic acids is 1. The fourth-order valence-electron chi connectivity index (χ4n) is 2.54. The number of carbonyl (C=O) groups is 1. The van der Waals surface area contributed by atoms with Crippen LogP contribution in [0.1, 0.15) is 16.8 Å². The number of hydrogen-bond acceptors (Lipinski definition) is 2. The molecule has 5 heteroatoms. The molecule has 0 unspecified atom stereocenters. The number of ether oxygens (including phenoxy) is 1. The maximum Gasteiger partial charge on any atom is 0.407 e. The van der Waals surface area contributed by atoms with Crippen molar-refractivity contribution in [1.29, 1.82) is 0 Å². The zero-order valence-corrected chi connectivity index (χ0v) is 15.9. The van der Waals surface area contributed by atoms with Gasteiger partial charge in [-0.3, -0.25) is 0 Å². The molecule has 0 spiro atoms. The van der Waals surface area contributed by atoms with E-state index in [1.54, 1.807) is 0 Å². The van der Waals surface area contributed by atoms with Crippen molar-refractivity contribution in [3.63, 3.8) is 0 Å². The molecule has 0 bridgehead atoms. The molecular weight excluding hydrogens is 392 g/mol. The number of nitrogens with zero attached hydrogens (tertiary/aromatic N) is 1. The standard InChI is InChI=1S/C21H20N2O2.BrH/c24-21(25-17-19-11-5-2-6-12-19)22-15-20-13-7-8-14-23(20)16-18-9-3-1-4-10-18;/h1-14H,15-17H2;1H. The third-order valence-electron chi connectivity index (χ3n) is 3.86. The lowest BCUT2D eigenvalue weighted by Crippen LogP contribution is -3.00. The highest BCUT2D eigenvalue weighted by molar-refractivity contribution is 5.67. The molecule has 26 heavy (non-hydrogen) atoms. The minimum absolute atomic E-state index is 0. The quantitative estimate of drug-likeness (QED) is 0.597. The van der Waals surface area contributed by atoms with Gasteiger partial charge in [0.1, 0.15) is 13.2 Å². The van der Waals surface area contributed by atoms with Gasteiger partial charge in [-0.1, -0.05) is 66.7 Å². The number of aromatic nitrogens is 1. The predicted octanol–water partition coefficient (Wildman–Crippen LogP) is 0.453. The first-order valence-corrected chi connectivity index (χ1v) is 8.27. The van der Waals surface area contributed by atoms with Crippen LogP contribution < -0.4 is 26.9 Å². The van der Waals surface area contributed by atoms with Crippen molar-refractivity contribution >= 4 is 6.09 Å². The molecule has 0 saturated heterocycles. The van der Waals surface area contributed by atoms with E-state index in [1.165, 1.54) is 5.56 Å². The van der Waals surface area contributed by atoms with Crippen molar-refractivity contribution in [2.24, 2.45) is 0 Å². The topological polar surface area (TPSA) is 42.2 Å². The van der Waals surface area contributed by atoms with Gasteiger partial charge in [-0.05, 0) is 5.56 Å². The Morgan fingerprint density at radius 2 is 1.46 bits per heavy atom. The van der Waals surface area contributed by atoms with Crippen LogP contribution in [-0.2, 0) is 24.4 Å². The second kappa shape index (κ2) is 10.4. The van der Waals surface area contributed by atoms with Crippen LogP contribution in [0.25, 0.3) is 0 Å². The number of nitrogens with one attached hydrogen (secondary N) is 1. The van der Waals surface area contributed by atoms with Crippen LogP contribution in [0, 0.1) is 0 Å². The van der Waals surface area contributed by atoms with Gasteiger partial charge in [-0.25, -0.2) is 4.79 Å². The van der Waals surface area contributed by atoms with E-state index >= 15 is 0 Å². The molecule has 0 fully saturated rings. The van der Waals surface area contributed by atoms with Gasteiger partial charge in [0.05, 0.1) is 0 Å². The summed E-state index contributed by atoms with van der Waals surface area (Å²) in [6.45, 7) is 1.45. The molecule has 0 saturated carbocycles. The average Bonchev–Trinajstić information content (AvgIpc) is 2.67. The van der Waals surface area contributed by atoms with Crippen LogP contribution >= 0.6 is 0 Å². The van der Waals surface area contributed by atoms with Crippen LogP contribution in [0.4, 0.5) is 4.79 Å². The highest BCUT2D eigenvalue weighted by Crippen LogP contribution is 2.02. The van der Waals surface area contributed by atoms with Gasteiger partial charge in [0.2, 0.25) is 5.69 Å². The first kappa shape index (κ1) is 19.7. The summed E-state index contributed by atoms with van der Waals surface area (Å²) in [5.41, 5.74) is 3.20. The Labute approximate surface area is 164 Å². The molecule has 1 heterocycles. The lowest BCUT2D eigenvalue weighted by Gasteiger charge is -2.07. The Hall–Kier alpha value is -2.66. The third-order valence-corrected chi connectivity index (χ3v) is 3.86. The number of hydrogen-bond donors (Lipinski definition) is 1. The number of halogens is 1. The number of benzene rings is 2. The fraction of sp³-hybridized carbons (Fsp3) is 0.143. The predicted molar refractivity (Wildman–Crippen MR) is 95.6 cm³/mol. The molecule has 0 atom stereocenters. The first-order valence-electron chi connectivity index (χ1n) is 8.27. The van der Waals surface area contributed by atoms with Crippen molar-refractivity contribution in [1.82, 2.24) is 5.32 Å². The number of pyridine rings is 1. The van der Waals surface area contributed by atoms with Crippen LogP contribution in [-0.4, -0.2) is 6.09 Å². The largest absolute Gasteiger partial charge is 1.00 e. The van der Waals surface area contributed by atoms with Crippen molar-refractivity contribution in [2.45, 2.75) is 19.7 Å². The molecule has 2 aromatic carbocycles. The van der Waals surface area contributed by atoms with Crippen LogP contribution in [0.2, 0.25) is 0 Å². The lowest BCUT2D eigenvalue weighted by molar-refractivity contribution is -0.695. The van der Waals surface area contributed by atoms with E-state index in [-0.39, 0.29) is 23.6 Å². The maximum atomic E-state index is 11.9. The van der Waals surface area contributed by atoms with E-state index in [2.05, 4.69) is 22.0 Å². The van der Waals surface area contributed by atoms with E-state index in [0.29, 0.717) is 6.54 Å². The Morgan fingerprint density at radius 1 is 0.846 bits per heavy atom. The third kappa shape index (κ3) is 6.01. The van der Waals surface area contributed by atoms with Gasteiger partial charge in [0.15, 0.2) is 12.7 Å². The number of rotatable bonds is 6. The maximum absolute atomic E-state index is 11.9. The average molecular weight is 413 g/mol. The van der Waals surface area contributed by atoms with E-state index in [4.69, 9.17) is 4.74 Å². The van der Waals surface area contributed by atoms with Gasteiger partial charge < -0.3 is 27.0 Å². The molecule has 4 nitrogen and oxygen atoms in total. The Kier molecular flexibility index (Phi) is 7.83. The highest BCUT2D eigenvalue weighted by atomic mass is 79.9. The fourth-order valence-corrected chi connectivity index (χ4v) is 2.54. The molecule has 1 N–H and O–H groups in total. The van der Waals surface area contributed by atoms with E-state index in [0.717, 1.165) is 17.8 Å². The number of alkyl carbamates (subject to hydrolysis) is 1. The summed E-state index contributed by atoms with van der Waals surface area (Å²) in [4.78, 5) is 11.9. The molecular formula is C21H21BrN2O2. The van der Waals surface area contributed by atoms with Crippen molar-refractivity contribution in [3.05, 3.63) is 102 Å². The molecule has 134 valence electrons. The highest BCUT2D eigenvalue weighted by Gasteiger charge is 2.12. The monoisotopic (exact) mass is 412 g/mol. The SMILES string of the molecule is O=C(NCc1cccc[n+]1Cc1ccccc1)OCc1ccccc1.[Br-]. The molecule has 1 amide bonds. The molecule has 0 aliphatic rings. The normalized spacial score (nSPS) is 9.85. The smallest absolute Gasteiger partial charge is 0.407 e. The van der Waals surface area contributed by atoms with Crippen LogP contribution in [0.15, 0.2) is 85.1 Å². The van der Waals surface area contributed by atoms with E-state index in [9.17, 15) is 4.79 Å².